The van der Waals surface area contributed by atoms with E-state index in [9.17, 15) is 33.1 Å². The quantitative estimate of drug-likeness (QED) is 0.506. The normalized spacial score (nSPS) is 15.8. The van der Waals surface area contributed by atoms with Crippen LogP contribution in [0.15, 0.2) is 73.1 Å². The van der Waals surface area contributed by atoms with Crippen molar-refractivity contribution in [2.24, 2.45) is 0 Å². The van der Waals surface area contributed by atoms with Gasteiger partial charge in [-0.3, -0.25) is 24.2 Å². The van der Waals surface area contributed by atoms with Gasteiger partial charge in [-0.15, -0.1) is 0 Å². The van der Waals surface area contributed by atoms with Gasteiger partial charge in [0.1, 0.15) is 11.6 Å². The number of nitrogens with one attached hydrogen (secondary N) is 1. The van der Waals surface area contributed by atoms with E-state index in [1.54, 1.807) is 0 Å². The number of nitrogens with zero attached hydrogens (tertiary/aromatic N) is 3. The number of benzene rings is 2. The van der Waals surface area contributed by atoms with E-state index in [0.717, 1.165) is 24.3 Å². The van der Waals surface area contributed by atoms with Crippen LogP contribution in [0.5, 0.6) is 0 Å². The Morgan fingerprint density at radius 2 is 1.32 bits per heavy atom. The number of halogens is 2. The van der Waals surface area contributed by atoms with Crippen molar-refractivity contribution in [1.82, 2.24) is 20.1 Å². The first kappa shape index (κ1) is 25.4. The van der Waals surface area contributed by atoms with Crippen LogP contribution < -0.4 is 5.32 Å². The Labute approximate surface area is 210 Å². The molecule has 0 aliphatic carbocycles. The molecule has 37 heavy (non-hydrogen) atoms. The zero-order valence-corrected chi connectivity index (χ0v) is 19.4. The van der Waals surface area contributed by atoms with Gasteiger partial charge in [0.05, 0.1) is 12.5 Å². The highest BCUT2D eigenvalue weighted by Gasteiger charge is 2.43. The fraction of sp³-hybridized carbons (Fsp3) is 0.192. The molecule has 1 saturated heterocycles. The number of aromatic nitrogens is 1. The fourth-order valence-corrected chi connectivity index (χ4v) is 4.12. The SMILES string of the molecule is O=C(O)CC(NC(=O)C1N(C(=O)c2ccncc2)CCN1C(=O)c1ccc(F)cc1)c1ccc(F)cc1. The van der Waals surface area contributed by atoms with E-state index >= 15 is 0 Å². The molecule has 2 aromatic carbocycles. The molecule has 11 heteroatoms. The van der Waals surface area contributed by atoms with Crippen LogP contribution in [0.4, 0.5) is 8.78 Å². The first-order valence-electron chi connectivity index (χ1n) is 11.3. The van der Waals surface area contributed by atoms with E-state index in [1.807, 2.05) is 0 Å². The Morgan fingerprint density at radius 1 is 0.838 bits per heavy atom. The molecule has 0 radical (unpaired) electrons. The van der Waals surface area contributed by atoms with Gasteiger partial charge in [-0.1, -0.05) is 12.1 Å². The summed E-state index contributed by atoms with van der Waals surface area (Å²) in [6.07, 6.45) is 0.887. The predicted octanol–water partition coefficient (Wildman–Crippen LogP) is 2.62. The van der Waals surface area contributed by atoms with Crippen LogP contribution in [0, 0.1) is 11.6 Å². The zero-order valence-electron chi connectivity index (χ0n) is 19.4. The van der Waals surface area contributed by atoms with Gasteiger partial charge in [0, 0.05) is 36.6 Å². The standard InChI is InChI=1S/C26H22F2N4O5/c27-19-5-1-16(2-6-19)21(15-22(33)34)30-23(35)24-31(25(36)17-3-7-20(28)8-4-17)13-14-32(24)26(37)18-9-11-29-12-10-18/h1-12,21,24H,13-15H2,(H,30,35)(H,33,34). The van der Waals surface area contributed by atoms with Crippen LogP contribution in [-0.2, 0) is 9.59 Å². The van der Waals surface area contributed by atoms with Crippen molar-refractivity contribution in [1.29, 1.82) is 0 Å². The number of aliphatic carboxylic acids is 1. The van der Waals surface area contributed by atoms with Gasteiger partial charge in [-0.25, -0.2) is 8.78 Å². The third-order valence-electron chi connectivity index (χ3n) is 5.91. The monoisotopic (exact) mass is 508 g/mol. The second-order valence-corrected chi connectivity index (χ2v) is 8.32. The first-order chi connectivity index (χ1) is 17.7. The second-order valence-electron chi connectivity index (χ2n) is 8.32. The Morgan fingerprint density at radius 3 is 1.84 bits per heavy atom. The summed E-state index contributed by atoms with van der Waals surface area (Å²) in [6, 6.07) is 11.6. The van der Waals surface area contributed by atoms with Crippen LogP contribution in [-0.4, -0.2) is 62.8 Å². The predicted molar refractivity (Wildman–Crippen MR) is 126 cm³/mol. The lowest BCUT2D eigenvalue weighted by molar-refractivity contribution is -0.138. The van der Waals surface area contributed by atoms with E-state index in [1.165, 1.54) is 58.6 Å². The number of amides is 3. The van der Waals surface area contributed by atoms with E-state index < -0.39 is 54.0 Å². The number of carbonyl (C=O) groups is 4. The summed E-state index contributed by atoms with van der Waals surface area (Å²) in [5.41, 5.74) is 0.682. The van der Waals surface area contributed by atoms with Gasteiger partial charge in [0.2, 0.25) is 0 Å². The summed E-state index contributed by atoms with van der Waals surface area (Å²) >= 11 is 0. The maximum atomic E-state index is 13.6. The third-order valence-corrected chi connectivity index (χ3v) is 5.91. The molecule has 3 aromatic rings. The van der Waals surface area contributed by atoms with Crippen molar-refractivity contribution < 1.29 is 33.1 Å². The number of carboxylic acid groups (broad SMARTS) is 1. The second kappa shape index (κ2) is 10.9. The number of carbonyl (C=O) groups excluding carboxylic acids is 3. The van der Waals surface area contributed by atoms with Crippen LogP contribution in [0.1, 0.15) is 38.7 Å². The van der Waals surface area contributed by atoms with Gasteiger partial charge in [-0.05, 0) is 54.1 Å². The Bertz CT molecular complexity index is 1300. The molecule has 3 amide bonds. The molecule has 0 saturated carbocycles. The van der Waals surface area contributed by atoms with Gasteiger partial charge < -0.3 is 20.2 Å². The number of pyridine rings is 1. The Kier molecular flexibility index (Phi) is 7.52. The number of hydrogen-bond acceptors (Lipinski definition) is 5. The maximum absolute atomic E-state index is 13.6. The highest BCUT2D eigenvalue weighted by Crippen LogP contribution is 2.24. The van der Waals surface area contributed by atoms with E-state index in [0.29, 0.717) is 5.56 Å². The molecule has 0 spiro atoms. The lowest BCUT2D eigenvalue weighted by atomic mass is 10.0. The molecule has 190 valence electrons. The molecule has 2 atom stereocenters. The minimum atomic E-state index is -1.42. The van der Waals surface area contributed by atoms with Gasteiger partial charge in [0.25, 0.3) is 17.7 Å². The van der Waals surface area contributed by atoms with Crippen molar-refractivity contribution in [3.8, 4) is 0 Å². The lowest BCUT2D eigenvalue weighted by Gasteiger charge is -2.31. The minimum Gasteiger partial charge on any atom is -0.481 e. The van der Waals surface area contributed by atoms with E-state index in [-0.39, 0.29) is 24.2 Å². The largest absolute Gasteiger partial charge is 0.481 e. The Hall–Kier alpha value is -4.67. The molecule has 2 heterocycles. The molecule has 1 aliphatic rings. The fourth-order valence-electron chi connectivity index (χ4n) is 4.12. The molecule has 0 bridgehead atoms. The molecular weight excluding hydrogens is 486 g/mol. The highest BCUT2D eigenvalue weighted by atomic mass is 19.1. The lowest BCUT2D eigenvalue weighted by Crippen LogP contribution is -2.54. The van der Waals surface area contributed by atoms with Crippen LogP contribution in [0.3, 0.4) is 0 Å². The van der Waals surface area contributed by atoms with Gasteiger partial charge in [0.15, 0.2) is 6.17 Å². The van der Waals surface area contributed by atoms with Crippen molar-refractivity contribution in [3.63, 3.8) is 0 Å². The number of hydrogen-bond donors (Lipinski definition) is 2. The highest BCUT2D eigenvalue weighted by molar-refractivity contribution is 6.02. The van der Waals surface area contributed by atoms with Crippen molar-refractivity contribution in [2.75, 3.05) is 13.1 Å². The average Bonchev–Trinajstić information content (AvgIpc) is 3.34. The van der Waals surface area contributed by atoms with E-state index in [2.05, 4.69) is 10.3 Å². The molecular formula is C26H22F2N4O5. The minimum absolute atomic E-state index is 0.00522. The summed E-state index contributed by atoms with van der Waals surface area (Å²) in [7, 11) is 0. The first-order valence-corrected chi connectivity index (χ1v) is 11.3. The summed E-state index contributed by atoms with van der Waals surface area (Å²) in [5.74, 6) is -4.24. The molecule has 2 N–H and O–H groups in total. The van der Waals surface area contributed by atoms with Gasteiger partial charge >= 0.3 is 5.97 Å². The van der Waals surface area contributed by atoms with Crippen molar-refractivity contribution in [2.45, 2.75) is 18.6 Å². The molecule has 1 fully saturated rings. The summed E-state index contributed by atoms with van der Waals surface area (Å²) < 4.78 is 26.8. The van der Waals surface area contributed by atoms with Crippen molar-refractivity contribution >= 4 is 23.7 Å². The van der Waals surface area contributed by atoms with Crippen LogP contribution in [0.2, 0.25) is 0 Å². The van der Waals surface area contributed by atoms with Crippen LogP contribution >= 0.6 is 0 Å². The zero-order chi connectivity index (χ0) is 26.5. The Balaban J connectivity index is 1.67. The van der Waals surface area contributed by atoms with Crippen LogP contribution in [0.25, 0.3) is 0 Å². The van der Waals surface area contributed by atoms with Gasteiger partial charge in [-0.2, -0.15) is 0 Å². The summed E-state index contributed by atoms with van der Waals surface area (Å²) in [4.78, 5) is 57.9. The molecule has 1 aliphatic heterocycles. The average molecular weight is 508 g/mol. The number of carboxylic acids is 1. The smallest absolute Gasteiger partial charge is 0.305 e. The number of rotatable bonds is 7. The van der Waals surface area contributed by atoms with E-state index in [4.69, 9.17) is 0 Å². The molecule has 4 rings (SSSR count). The van der Waals surface area contributed by atoms with Crippen molar-refractivity contribution in [3.05, 3.63) is 101 Å². The maximum Gasteiger partial charge on any atom is 0.305 e. The molecule has 2 unspecified atom stereocenters. The summed E-state index contributed by atoms with van der Waals surface area (Å²) in [5, 5.41) is 12.0. The molecule has 1 aromatic heterocycles. The topological polar surface area (TPSA) is 120 Å². The third kappa shape index (κ3) is 5.77. The molecule has 9 nitrogen and oxygen atoms in total. The summed E-state index contributed by atoms with van der Waals surface area (Å²) in [6.45, 7) is 0.0254.